The molecule has 0 bridgehead atoms. The SMILES string of the molecule is Oc1ccccc1C=CC(C(F)(F)F)C(F)(F)F. The van der Waals surface area contributed by atoms with Gasteiger partial charge >= 0.3 is 12.4 Å². The standard InChI is InChI=1S/C11H8F6O/c12-10(13,14)9(11(15,16)17)6-5-7-3-1-2-4-8(7)18/h1-6,9,18H. The summed E-state index contributed by atoms with van der Waals surface area (Å²) in [6.45, 7) is 0. The molecule has 18 heavy (non-hydrogen) atoms. The largest absolute Gasteiger partial charge is 0.507 e. The molecule has 1 rings (SSSR count). The first kappa shape index (κ1) is 14.4. The average molecular weight is 270 g/mol. The summed E-state index contributed by atoms with van der Waals surface area (Å²) in [5.74, 6) is -3.94. The fraction of sp³-hybridized carbons (Fsp3) is 0.273. The van der Waals surface area contributed by atoms with Gasteiger partial charge in [-0.2, -0.15) is 26.3 Å². The second kappa shape index (κ2) is 4.91. The van der Waals surface area contributed by atoms with Gasteiger partial charge in [0.1, 0.15) is 5.75 Å². The molecule has 0 fully saturated rings. The van der Waals surface area contributed by atoms with Gasteiger partial charge in [0, 0.05) is 5.56 Å². The first-order valence-electron chi connectivity index (χ1n) is 4.72. The summed E-state index contributed by atoms with van der Waals surface area (Å²) >= 11 is 0. The molecule has 0 amide bonds. The van der Waals surface area contributed by atoms with Crippen LogP contribution in [0.4, 0.5) is 26.3 Å². The lowest BCUT2D eigenvalue weighted by molar-refractivity contribution is -0.267. The van der Waals surface area contributed by atoms with Crippen LogP contribution in [0.5, 0.6) is 5.75 Å². The minimum atomic E-state index is -5.42. The Labute approximate surface area is 98.4 Å². The minimum Gasteiger partial charge on any atom is -0.507 e. The van der Waals surface area contributed by atoms with Gasteiger partial charge in [-0.05, 0) is 6.07 Å². The number of hydrogen-bond donors (Lipinski definition) is 1. The Morgan fingerprint density at radius 1 is 0.944 bits per heavy atom. The Hall–Kier alpha value is -1.66. The molecule has 1 aromatic carbocycles. The zero-order valence-corrected chi connectivity index (χ0v) is 8.76. The summed E-state index contributed by atoms with van der Waals surface area (Å²) in [6.07, 6.45) is -10.3. The van der Waals surface area contributed by atoms with Crippen LogP contribution in [-0.4, -0.2) is 17.5 Å². The van der Waals surface area contributed by atoms with E-state index in [9.17, 15) is 31.4 Å². The third kappa shape index (κ3) is 3.68. The van der Waals surface area contributed by atoms with Gasteiger partial charge in [-0.15, -0.1) is 0 Å². The number of para-hydroxylation sites is 1. The summed E-state index contributed by atoms with van der Waals surface area (Å²) in [6, 6.07) is 5.15. The molecule has 0 radical (unpaired) electrons. The molecule has 7 heteroatoms. The van der Waals surface area contributed by atoms with Crippen LogP contribution in [0.3, 0.4) is 0 Å². The smallest absolute Gasteiger partial charge is 0.403 e. The predicted octanol–water partition coefficient (Wildman–Crippen LogP) is 4.15. The Kier molecular flexibility index (Phi) is 3.93. The third-order valence-electron chi connectivity index (χ3n) is 2.11. The normalized spacial score (nSPS) is 13.5. The molecule has 0 spiro atoms. The van der Waals surface area contributed by atoms with Gasteiger partial charge in [0.2, 0.25) is 0 Å². The quantitative estimate of drug-likeness (QED) is 0.800. The van der Waals surface area contributed by atoms with Gasteiger partial charge < -0.3 is 5.11 Å². The van der Waals surface area contributed by atoms with Crippen molar-refractivity contribution in [3.63, 3.8) is 0 Å². The molecule has 0 saturated heterocycles. The van der Waals surface area contributed by atoms with Crippen LogP contribution in [0.25, 0.3) is 6.08 Å². The van der Waals surface area contributed by atoms with E-state index in [0.29, 0.717) is 6.08 Å². The molecule has 1 nitrogen and oxygen atoms in total. The van der Waals surface area contributed by atoms with Crippen molar-refractivity contribution in [3.8, 4) is 5.75 Å². The van der Waals surface area contributed by atoms with Gasteiger partial charge in [-0.3, -0.25) is 0 Å². The van der Waals surface area contributed by atoms with E-state index < -0.39 is 24.0 Å². The number of aromatic hydroxyl groups is 1. The number of phenolic OH excluding ortho intramolecular Hbond substituents is 1. The van der Waals surface area contributed by atoms with Crippen LogP contribution >= 0.6 is 0 Å². The Bertz CT molecular complexity index is 418. The molecule has 0 aliphatic rings. The Morgan fingerprint density at radius 3 is 1.89 bits per heavy atom. The number of benzene rings is 1. The first-order valence-corrected chi connectivity index (χ1v) is 4.72. The molecule has 1 N–H and O–H groups in total. The van der Waals surface area contributed by atoms with E-state index >= 15 is 0 Å². The zero-order valence-electron chi connectivity index (χ0n) is 8.76. The molecule has 0 aromatic heterocycles. The highest BCUT2D eigenvalue weighted by Crippen LogP contribution is 2.40. The van der Waals surface area contributed by atoms with Crippen LogP contribution in [0, 0.1) is 5.92 Å². The summed E-state index contributed by atoms with van der Waals surface area (Å²) in [5.41, 5.74) is -0.115. The monoisotopic (exact) mass is 270 g/mol. The van der Waals surface area contributed by atoms with Gasteiger partial charge in [-0.1, -0.05) is 30.4 Å². The number of rotatable bonds is 2. The van der Waals surface area contributed by atoms with E-state index in [1.54, 1.807) is 0 Å². The molecule has 0 saturated carbocycles. The van der Waals surface area contributed by atoms with Gasteiger partial charge in [-0.25, -0.2) is 0 Å². The van der Waals surface area contributed by atoms with Crippen LogP contribution in [0.2, 0.25) is 0 Å². The highest BCUT2D eigenvalue weighted by Gasteiger charge is 2.54. The number of allylic oxidation sites excluding steroid dienone is 1. The number of hydrogen-bond acceptors (Lipinski definition) is 1. The summed E-state index contributed by atoms with van der Waals surface area (Å²) in [4.78, 5) is 0. The number of phenols is 1. The van der Waals surface area contributed by atoms with Crippen LogP contribution in [0.15, 0.2) is 30.3 Å². The lowest BCUT2D eigenvalue weighted by Crippen LogP contribution is -2.34. The van der Waals surface area contributed by atoms with Crippen LogP contribution in [-0.2, 0) is 0 Å². The molecule has 1 aromatic rings. The first-order chi connectivity index (χ1) is 8.12. The fourth-order valence-corrected chi connectivity index (χ4v) is 1.23. The molecule has 100 valence electrons. The molecule has 0 atom stereocenters. The lowest BCUT2D eigenvalue weighted by Gasteiger charge is -2.19. The van der Waals surface area contributed by atoms with Crippen molar-refractivity contribution in [2.24, 2.45) is 5.92 Å². The van der Waals surface area contributed by atoms with E-state index in [4.69, 9.17) is 0 Å². The lowest BCUT2D eigenvalue weighted by atomic mass is 10.1. The van der Waals surface area contributed by atoms with Crippen LogP contribution in [0.1, 0.15) is 5.56 Å². The minimum absolute atomic E-state index is 0.0188. The summed E-state index contributed by atoms with van der Waals surface area (Å²) < 4.78 is 73.1. The van der Waals surface area contributed by atoms with Crippen molar-refractivity contribution in [3.05, 3.63) is 35.9 Å². The molecular formula is C11H8F6O. The van der Waals surface area contributed by atoms with E-state index in [2.05, 4.69) is 0 Å². The van der Waals surface area contributed by atoms with Crippen molar-refractivity contribution >= 4 is 6.08 Å². The van der Waals surface area contributed by atoms with Crippen molar-refractivity contribution in [1.82, 2.24) is 0 Å². The van der Waals surface area contributed by atoms with E-state index in [1.165, 1.54) is 18.2 Å². The Morgan fingerprint density at radius 2 is 1.44 bits per heavy atom. The second-order valence-electron chi connectivity index (χ2n) is 3.48. The van der Waals surface area contributed by atoms with Crippen molar-refractivity contribution < 1.29 is 31.4 Å². The summed E-state index contributed by atoms with van der Waals surface area (Å²) in [7, 11) is 0. The van der Waals surface area contributed by atoms with E-state index in [0.717, 1.165) is 6.07 Å². The van der Waals surface area contributed by atoms with Crippen LogP contribution < -0.4 is 0 Å². The molecule has 0 aliphatic carbocycles. The molecule has 0 unspecified atom stereocenters. The van der Waals surface area contributed by atoms with E-state index in [-0.39, 0.29) is 11.6 Å². The highest BCUT2D eigenvalue weighted by molar-refractivity contribution is 5.56. The van der Waals surface area contributed by atoms with Gasteiger partial charge in [0.25, 0.3) is 0 Å². The van der Waals surface area contributed by atoms with Gasteiger partial charge in [0.05, 0.1) is 0 Å². The second-order valence-corrected chi connectivity index (χ2v) is 3.48. The maximum Gasteiger partial charge on any atom is 0.403 e. The highest BCUT2D eigenvalue weighted by atomic mass is 19.4. The maximum atomic E-state index is 12.2. The summed E-state index contributed by atoms with van der Waals surface area (Å²) in [5, 5.41) is 9.22. The fourth-order valence-electron chi connectivity index (χ4n) is 1.23. The Balaban J connectivity index is 3.02. The molecular weight excluding hydrogens is 262 g/mol. The average Bonchev–Trinajstić information content (AvgIpc) is 2.17. The topological polar surface area (TPSA) is 20.2 Å². The van der Waals surface area contributed by atoms with Gasteiger partial charge in [0.15, 0.2) is 5.92 Å². The number of halogens is 6. The van der Waals surface area contributed by atoms with E-state index in [1.807, 2.05) is 0 Å². The predicted molar refractivity (Wildman–Crippen MR) is 52.7 cm³/mol. The van der Waals surface area contributed by atoms with Crippen molar-refractivity contribution in [2.45, 2.75) is 12.4 Å². The maximum absolute atomic E-state index is 12.2. The zero-order chi connectivity index (χ0) is 14.0. The number of alkyl halides is 6. The van der Waals surface area contributed by atoms with Crippen molar-refractivity contribution in [1.29, 1.82) is 0 Å². The molecule has 0 aliphatic heterocycles. The third-order valence-corrected chi connectivity index (χ3v) is 2.11. The molecule has 0 heterocycles. The van der Waals surface area contributed by atoms with Crippen molar-refractivity contribution in [2.75, 3.05) is 0 Å².